The van der Waals surface area contributed by atoms with E-state index < -0.39 is 9.84 Å². The minimum absolute atomic E-state index is 0.0108. The summed E-state index contributed by atoms with van der Waals surface area (Å²) < 4.78 is 23.1. The van der Waals surface area contributed by atoms with E-state index in [0.717, 1.165) is 19.4 Å². The molecule has 2 heterocycles. The Balaban J connectivity index is 2.04. The topological polar surface area (TPSA) is 86.7 Å². The van der Waals surface area contributed by atoms with Crippen LogP contribution in [0.15, 0.2) is 0 Å². The van der Waals surface area contributed by atoms with Crippen molar-refractivity contribution in [1.82, 2.24) is 10.2 Å². The summed E-state index contributed by atoms with van der Waals surface area (Å²) in [7, 11) is -3.01. The summed E-state index contributed by atoms with van der Waals surface area (Å²) in [5.74, 6) is 0.0984. The third kappa shape index (κ3) is 3.67. The number of aliphatic hydroxyl groups excluding tert-OH is 1. The van der Waals surface area contributed by atoms with Crippen LogP contribution in [0.3, 0.4) is 0 Å². The first-order valence-corrected chi connectivity index (χ1v) is 8.68. The maximum absolute atomic E-state index is 12.5. The standard InChI is InChI=1S/C12H22N2O4S/c15-6-5-14(11-3-7-19(17,18)9-11)12(16)10-2-1-4-13-8-10/h10-11,13,15H,1-9H2. The zero-order chi connectivity index (χ0) is 13.9. The van der Waals surface area contributed by atoms with Crippen molar-refractivity contribution in [2.45, 2.75) is 25.3 Å². The lowest BCUT2D eigenvalue weighted by molar-refractivity contribution is -0.138. The third-order valence-electron chi connectivity index (χ3n) is 3.92. The van der Waals surface area contributed by atoms with Crippen LogP contribution in [0, 0.1) is 5.92 Å². The quantitative estimate of drug-likeness (QED) is 0.693. The van der Waals surface area contributed by atoms with E-state index in [1.54, 1.807) is 4.90 Å². The number of hydrogen-bond acceptors (Lipinski definition) is 5. The Bertz CT molecular complexity index is 417. The molecule has 6 nitrogen and oxygen atoms in total. The van der Waals surface area contributed by atoms with Crippen LogP contribution in [-0.4, -0.2) is 68.1 Å². The molecule has 0 bridgehead atoms. The van der Waals surface area contributed by atoms with Crippen LogP contribution in [0.2, 0.25) is 0 Å². The Hall–Kier alpha value is -0.660. The smallest absolute Gasteiger partial charge is 0.227 e. The Labute approximate surface area is 114 Å². The average molecular weight is 290 g/mol. The van der Waals surface area contributed by atoms with Crippen molar-refractivity contribution in [2.24, 2.45) is 5.92 Å². The fraction of sp³-hybridized carbons (Fsp3) is 0.917. The van der Waals surface area contributed by atoms with Gasteiger partial charge in [0, 0.05) is 19.1 Å². The maximum Gasteiger partial charge on any atom is 0.227 e. The molecule has 0 aromatic rings. The fourth-order valence-corrected chi connectivity index (χ4v) is 4.63. The molecule has 2 aliphatic heterocycles. The largest absolute Gasteiger partial charge is 0.395 e. The van der Waals surface area contributed by atoms with Gasteiger partial charge in [0.2, 0.25) is 5.91 Å². The molecule has 19 heavy (non-hydrogen) atoms. The van der Waals surface area contributed by atoms with E-state index in [9.17, 15) is 13.2 Å². The van der Waals surface area contributed by atoms with Gasteiger partial charge < -0.3 is 15.3 Å². The van der Waals surface area contributed by atoms with Gasteiger partial charge in [-0.15, -0.1) is 0 Å². The molecular formula is C12H22N2O4S. The lowest BCUT2D eigenvalue weighted by Gasteiger charge is -2.33. The minimum atomic E-state index is -3.01. The Morgan fingerprint density at radius 2 is 2.16 bits per heavy atom. The number of carbonyl (C=O) groups is 1. The van der Waals surface area contributed by atoms with Crippen molar-refractivity contribution in [2.75, 3.05) is 37.7 Å². The lowest BCUT2D eigenvalue weighted by Crippen LogP contribution is -2.49. The van der Waals surface area contributed by atoms with Crippen molar-refractivity contribution in [3.8, 4) is 0 Å². The normalized spacial score (nSPS) is 30.2. The van der Waals surface area contributed by atoms with Crippen LogP contribution in [0.1, 0.15) is 19.3 Å². The number of nitrogens with zero attached hydrogens (tertiary/aromatic N) is 1. The first-order chi connectivity index (χ1) is 9.03. The van der Waals surface area contributed by atoms with Crippen LogP contribution in [0.25, 0.3) is 0 Å². The van der Waals surface area contributed by atoms with E-state index in [2.05, 4.69) is 5.32 Å². The molecule has 2 saturated heterocycles. The number of nitrogens with one attached hydrogen (secondary N) is 1. The van der Waals surface area contributed by atoms with Gasteiger partial charge in [0.15, 0.2) is 9.84 Å². The molecule has 0 radical (unpaired) electrons. The number of aliphatic hydroxyl groups is 1. The molecule has 2 atom stereocenters. The number of rotatable bonds is 4. The molecule has 2 unspecified atom stereocenters. The number of amides is 1. The summed E-state index contributed by atoms with van der Waals surface area (Å²) in [6, 6.07) is -0.258. The molecule has 2 N–H and O–H groups in total. The summed E-state index contributed by atoms with van der Waals surface area (Å²) >= 11 is 0. The number of carbonyl (C=O) groups excluding carboxylic acids is 1. The van der Waals surface area contributed by atoms with E-state index in [4.69, 9.17) is 5.11 Å². The van der Waals surface area contributed by atoms with Crippen LogP contribution in [0.5, 0.6) is 0 Å². The molecule has 0 spiro atoms. The first kappa shape index (κ1) is 14.7. The highest BCUT2D eigenvalue weighted by Gasteiger charge is 2.36. The predicted octanol–water partition coefficient (Wildman–Crippen LogP) is -1.01. The van der Waals surface area contributed by atoms with Gasteiger partial charge in [0.25, 0.3) is 0 Å². The van der Waals surface area contributed by atoms with Crippen molar-refractivity contribution in [1.29, 1.82) is 0 Å². The molecule has 7 heteroatoms. The molecule has 0 saturated carbocycles. The zero-order valence-electron chi connectivity index (χ0n) is 11.0. The highest BCUT2D eigenvalue weighted by Crippen LogP contribution is 2.21. The van der Waals surface area contributed by atoms with Crippen LogP contribution in [-0.2, 0) is 14.6 Å². The van der Waals surface area contributed by atoms with Gasteiger partial charge in [-0.2, -0.15) is 0 Å². The van der Waals surface area contributed by atoms with Gasteiger partial charge in [0.05, 0.1) is 24.0 Å². The lowest BCUT2D eigenvalue weighted by atomic mass is 9.97. The first-order valence-electron chi connectivity index (χ1n) is 6.86. The summed E-state index contributed by atoms with van der Waals surface area (Å²) in [5.41, 5.74) is 0. The second kappa shape index (κ2) is 6.19. The SMILES string of the molecule is O=C(C1CCCNC1)N(CCO)C1CCS(=O)(=O)C1. The second-order valence-corrected chi connectivity index (χ2v) is 7.58. The Kier molecular flexibility index (Phi) is 4.81. The van der Waals surface area contributed by atoms with Crippen molar-refractivity contribution >= 4 is 15.7 Å². The molecule has 2 rings (SSSR count). The van der Waals surface area contributed by atoms with E-state index >= 15 is 0 Å². The molecule has 2 fully saturated rings. The molecule has 0 aliphatic carbocycles. The van der Waals surface area contributed by atoms with Crippen molar-refractivity contribution in [3.63, 3.8) is 0 Å². The predicted molar refractivity (Wildman–Crippen MR) is 71.5 cm³/mol. The number of sulfone groups is 1. The van der Waals surface area contributed by atoms with Gasteiger partial charge in [-0.05, 0) is 25.8 Å². The second-order valence-electron chi connectivity index (χ2n) is 5.36. The van der Waals surface area contributed by atoms with Crippen molar-refractivity contribution in [3.05, 3.63) is 0 Å². The summed E-state index contributed by atoms with van der Waals surface area (Å²) in [6.07, 6.45) is 2.30. The van der Waals surface area contributed by atoms with E-state index in [1.807, 2.05) is 0 Å². The third-order valence-corrected chi connectivity index (χ3v) is 5.67. The molecule has 2 aliphatic rings. The number of hydrogen-bond donors (Lipinski definition) is 2. The van der Waals surface area contributed by atoms with Gasteiger partial charge in [0.1, 0.15) is 0 Å². The summed E-state index contributed by atoms with van der Waals surface area (Å²) in [4.78, 5) is 14.1. The van der Waals surface area contributed by atoms with Gasteiger partial charge in [-0.1, -0.05) is 0 Å². The van der Waals surface area contributed by atoms with Crippen LogP contribution >= 0.6 is 0 Å². The van der Waals surface area contributed by atoms with E-state index in [0.29, 0.717) is 13.0 Å². The van der Waals surface area contributed by atoms with Gasteiger partial charge in [-0.3, -0.25) is 4.79 Å². The molecule has 110 valence electrons. The molecular weight excluding hydrogens is 268 g/mol. The van der Waals surface area contributed by atoms with Gasteiger partial charge in [-0.25, -0.2) is 8.42 Å². The maximum atomic E-state index is 12.5. The van der Waals surface area contributed by atoms with Crippen molar-refractivity contribution < 1.29 is 18.3 Å². The summed E-state index contributed by atoms with van der Waals surface area (Å²) in [6.45, 7) is 1.69. The molecule has 1 amide bonds. The van der Waals surface area contributed by atoms with E-state index in [-0.39, 0.29) is 42.5 Å². The Morgan fingerprint density at radius 3 is 2.68 bits per heavy atom. The Morgan fingerprint density at radius 1 is 1.37 bits per heavy atom. The van der Waals surface area contributed by atoms with Crippen LogP contribution < -0.4 is 5.32 Å². The number of piperidine rings is 1. The van der Waals surface area contributed by atoms with Gasteiger partial charge >= 0.3 is 0 Å². The van der Waals surface area contributed by atoms with Crippen LogP contribution in [0.4, 0.5) is 0 Å². The highest BCUT2D eigenvalue weighted by atomic mass is 32.2. The minimum Gasteiger partial charge on any atom is -0.395 e. The zero-order valence-corrected chi connectivity index (χ0v) is 11.9. The summed E-state index contributed by atoms with van der Waals surface area (Å²) in [5, 5.41) is 12.3. The highest BCUT2D eigenvalue weighted by molar-refractivity contribution is 7.91. The average Bonchev–Trinajstić information content (AvgIpc) is 2.76. The fourth-order valence-electron chi connectivity index (χ4n) is 2.90. The molecule has 0 aromatic heterocycles. The monoisotopic (exact) mass is 290 g/mol. The molecule has 0 aromatic carbocycles. The van der Waals surface area contributed by atoms with E-state index in [1.165, 1.54) is 0 Å².